The highest BCUT2D eigenvalue weighted by Crippen LogP contribution is 2.22. The van der Waals surface area contributed by atoms with Gasteiger partial charge in [-0.15, -0.1) is 0 Å². The molecule has 1 atom stereocenters. The van der Waals surface area contributed by atoms with Gasteiger partial charge in [0.25, 0.3) is 0 Å². The number of nitrogens with two attached hydrogens (primary N) is 1. The number of benzene rings is 1. The van der Waals surface area contributed by atoms with Crippen LogP contribution < -0.4 is 15.8 Å². The molecule has 0 aromatic heterocycles. The zero-order valence-electron chi connectivity index (χ0n) is 10.4. The molecule has 16 heavy (non-hydrogen) atoms. The molecule has 1 aromatic rings. The smallest absolute Gasteiger partial charge is 0.122 e. The van der Waals surface area contributed by atoms with E-state index >= 15 is 0 Å². The van der Waals surface area contributed by atoms with Crippen molar-refractivity contribution in [2.75, 3.05) is 20.2 Å². The third kappa shape index (κ3) is 3.22. The molecule has 3 N–H and O–H groups in total. The normalized spacial score (nSPS) is 12.5. The average Bonchev–Trinajstić information content (AvgIpc) is 2.34. The van der Waals surface area contributed by atoms with Crippen LogP contribution in [-0.4, -0.2) is 20.2 Å². The molecule has 0 aliphatic heterocycles. The maximum Gasteiger partial charge on any atom is 0.122 e. The van der Waals surface area contributed by atoms with Crippen LogP contribution in [-0.2, 0) is 6.42 Å². The molecule has 1 rings (SSSR count). The van der Waals surface area contributed by atoms with Crippen molar-refractivity contribution in [3.05, 3.63) is 29.3 Å². The summed E-state index contributed by atoms with van der Waals surface area (Å²) in [6.45, 7) is 5.96. The fourth-order valence-electron chi connectivity index (χ4n) is 1.72. The van der Waals surface area contributed by atoms with Crippen LogP contribution in [0.1, 0.15) is 31.0 Å². The van der Waals surface area contributed by atoms with E-state index in [9.17, 15) is 0 Å². The van der Waals surface area contributed by atoms with Crippen LogP contribution in [0.2, 0.25) is 0 Å². The van der Waals surface area contributed by atoms with Gasteiger partial charge in [0.2, 0.25) is 0 Å². The highest BCUT2D eigenvalue weighted by Gasteiger charge is 2.08. The highest BCUT2D eigenvalue weighted by atomic mass is 16.5. The minimum absolute atomic E-state index is 0.0520. The summed E-state index contributed by atoms with van der Waals surface area (Å²) in [5.41, 5.74) is 8.47. The third-order valence-electron chi connectivity index (χ3n) is 2.73. The van der Waals surface area contributed by atoms with Gasteiger partial charge in [0.1, 0.15) is 5.75 Å². The second kappa shape index (κ2) is 6.51. The monoisotopic (exact) mass is 222 g/mol. The number of likely N-dealkylation sites (N-methyl/N-ethyl adjacent to an activating group) is 1. The van der Waals surface area contributed by atoms with Crippen LogP contribution in [0, 0.1) is 0 Å². The lowest BCUT2D eigenvalue weighted by Crippen LogP contribution is -2.26. The molecule has 3 heteroatoms. The van der Waals surface area contributed by atoms with E-state index in [2.05, 4.69) is 25.2 Å². The molecule has 1 unspecified atom stereocenters. The summed E-state index contributed by atoms with van der Waals surface area (Å²) in [4.78, 5) is 0. The van der Waals surface area contributed by atoms with E-state index in [1.54, 1.807) is 7.11 Å². The molecule has 0 aliphatic carbocycles. The van der Waals surface area contributed by atoms with Crippen molar-refractivity contribution >= 4 is 0 Å². The fourth-order valence-corrected chi connectivity index (χ4v) is 1.72. The molecule has 0 saturated carbocycles. The molecule has 0 amide bonds. The first-order chi connectivity index (χ1) is 7.72. The molecule has 0 saturated heterocycles. The summed E-state index contributed by atoms with van der Waals surface area (Å²) in [5, 5.41) is 3.26. The summed E-state index contributed by atoms with van der Waals surface area (Å²) in [6, 6.07) is 6.23. The van der Waals surface area contributed by atoms with E-state index in [0.29, 0.717) is 0 Å². The zero-order valence-corrected chi connectivity index (χ0v) is 10.4. The Kier molecular flexibility index (Phi) is 5.29. The van der Waals surface area contributed by atoms with Gasteiger partial charge in [-0.1, -0.05) is 26.0 Å². The van der Waals surface area contributed by atoms with Crippen LogP contribution in [0.15, 0.2) is 18.2 Å². The van der Waals surface area contributed by atoms with Gasteiger partial charge >= 0.3 is 0 Å². The largest absolute Gasteiger partial charge is 0.496 e. The van der Waals surface area contributed by atoms with E-state index < -0.39 is 0 Å². The van der Waals surface area contributed by atoms with Gasteiger partial charge in [-0.2, -0.15) is 0 Å². The van der Waals surface area contributed by atoms with Gasteiger partial charge in [-0.05, 0) is 30.2 Å². The molecule has 0 radical (unpaired) electrons. The molecule has 0 heterocycles. The average molecular weight is 222 g/mol. The van der Waals surface area contributed by atoms with Crippen molar-refractivity contribution in [1.82, 2.24) is 5.32 Å². The number of nitrogens with one attached hydrogen (secondary N) is 1. The Morgan fingerprint density at radius 1 is 1.38 bits per heavy atom. The lowest BCUT2D eigenvalue weighted by atomic mass is 10.0. The Hall–Kier alpha value is -1.06. The Morgan fingerprint density at radius 2 is 2.12 bits per heavy atom. The van der Waals surface area contributed by atoms with Gasteiger partial charge in [-0.3, -0.25) is 0 Å². The van der Waals surface area contributed by atoms with Gasteiger partial charge in [0.15, 0.2) is 0 Å². The van der Waals surface area contributed by atoms with Crippen molar-refractivity contribution in [1.29, 1.82) is 0 Å². The quantitative estimate of drug-likeness (QED) is 0.772. The first-order valence-electron chi connectivity index (χ1n) is 5.86. The second-order valence-electron chi connectivity index (χ2n) is 3.84. The molecule has 0 fully saturated rings. The third-order valence-corrected chi connectivity index (χ3v) is 2.73. The second-order valence-corrected chi connectivity index (χ2v) is 3.84. The number of methoxy groups -OCH3 is 1. The van der Waals surface area contributed by atoms with Gasteiger partial charge in [0, 0.05) is 12.6 Å². The van der Waals surface area contributed by atoms with Crippen LogP contribution in [0.25, 0.3) is 0 Å². The number of hydrogen-bond acceptors (Lipinski definition) is 3. The van der Waals surface area contributed by atoms with E-state index in [1.807, 2.05) is 12.1 Å². The van der Waals surface area contributed by atoms with Crippen molar-refractivity contribution in [3.8, 4) is 5.75 Å². The Bertz CT molecular complexity index is 326. The van der Waals surface area contributed by atoms with Crippen molar-refractivity contribution < 1.29 is 4.74 Å². The topological polar surface area (TPSA) is 47.3 Å². The maximum atomic E-state index is 6.09. The molecule has 0 spiro atoms. The predicted molar refractivity (Wildman–Crippen MR) is 67.8 cm³/mol. The maximum absolute atomic E-state index is 6.09. The first-order valence-corrected chi connectivity index (χ1v) is 5.86. The van der Waals surface area contributed by atoms with Crippen molar-refractivity contribution in [3.63, 3.8) is 0 Å². The highest BCUT2D eigenvalue weighted by molar-refractivity contribution is 5.38. The van der Waals surface area contributed by atoms with E-state index in [-0.39, 0.29) is 6.04 Å². The SMILES string of the molecule is CCNCC(N)c1ccc(OC)c(CC)c1. The molecule has 0 aliphatic rings. The summed E-state index contributed by atoms with van der Waals surface area (Å²) in [5.74, 6) is 0.946. The summed E-state index contributed by atoms with van der Waals surface area (Å²) < 4.78 is 5.30. The van der Waals surface area contributed by atoms with Gasteiger partial charge in [-0.25, -0.2) is 0 Å². The number of aryl methyl sites for hydroxylation is 1. The summed E-state index contributed by atoms with van der Waals surface area (Å²) in [6.07, 6.45) is 0.963. The van der Waals surface area contributed by atoms with Gasteiger partial charge in [0.05, 0.1) is 7.11 Å². The summed E-state index contributed by atoms with van der Waals surface area (Å²) >= 11 is 0. The van der Waals surface area contributed by atoms with Gasteiger partial charge < -0.3 is 15.8 Å². The number of ether oxygens (including phenoxy) is 1. The van der Waals surface area contributed by atoms with Crippen LogP contribution in [0.3, 0.4) is 0 Å². The summed E-state index contributed by atoms with van der Waals surface area (Å²) in [7, 11) is 1.70. The predicted octanol–water partition coefficient (Wildman–Crippen LogP) is 1.87. The lowest BCUT2D eigenvalue weighted by Gasteiger charge is -2.15. The molecular formula is C13H22N2O. The number of rotatable bonds is 6. The standard InChI is InChI=1S/C13H22N2O/c1-4-10-8-11(6-7-13(10)16-3)12(14)9-15-5-2/h6-8,12,15H,4-5,9,14H2,1-3H3. The van der Waals surface area contributed by atoms with E-state index in [1.165, 1.54) is 11.1 Å². The van der Waals surface area contributed by atoms with E-state index in [0.717, 1.165) is 25.3 Å². The molecule has 1 aromatic carbocycles. The van der Waals surface area contributed by atoms with Crippen LogP contribution in [0.4, 0.5) is 0 Å². The first kappa shape index (κ1) is 13.0. The Balaban J connectivity index is 2.81. The van der Waals surface area contributed by atoms with Crippen LogP contribution in [0.5, 0.6) is 5.75 Å². The van der Waals surface area contributed by atoms with Crippen molar-refractivity contribution in [2.45, 2.75) is 26.3 Å². The molecule has 90 valence electrons. The number of hydrogen-bond donors (Lipinski definition) is 2. The lowest BCUT2D eigenvalue weighted by molar-refractivity contribution is 0.409. The van der Waals surface area contributed by atoms with Crippen molar-refractivity contribution in [2.24, 2.45) is 5.73 Å². The Labute approximate surface area is 98.0 Å². The minimum Gasteiger partial charge on any atom is -0.496 e. The zero-order chi connectivity index (χ0) is 12.0. The Morgan fingerprint density at radius 3 is 2.69 bits per heavy atom. The van der Waals surface area contributed by atoms with E-state index in [4.69, 9.17) is 10.5 Å². The molecule has 0 bridgehead atoms. The minimum atomic E-state index is 0.0520. The molecular weight excluding hydrogens is 200 g/mol. The molecule has 3 nitrogen and oxygen atoms in total. The fraction of sp³-hybridized carbons (Fsp3) is 0.538. The van der Waals surface area contributed by atoms with Crippen LogP contribution >= 0.6 is 0 Å².